The molecule has 1 saturated heterocycles. The SMILES string of the molecule is O=C1NC(=O)C(CNC(=O)c2cnn(-c3ccc(F)cc3)n2)(c2ccccc2)N1. The molecule has 9 nitrogen and oxygen atoms in total. The van der Waals surface area contributed by atoms with Gasteiger partial charge in [-0.25, -0.2) is 9.18 Å². The molecule has 146 valence electrons. The van der Waals surface area contributed by atoms with Gasteiger partial charge in [-0.05, 0) is 29.8 Å². The first kappa shape index (κ1) is 18.3. The van der Waals surface area contributed by atoms with Crippen LogP contribution in [0.5, 0.6) is 0 Å². The molecule has 0 radical (unpaired) electrons. The Bertz CT molecular complexity index is 1080. The summed E-state index contributed by atoms with van der Waals surface area (Å²) in [4.78, 5) is 37.9. The van der Waals surface area contributed by atoms with Gasteiger partial charge >= 0.3 is 6.03 Å². The molecule has 0 saturated carbocycles. The van der Waals surface area contributed by atoms with Crippen molar-refractivity contribution in [2.75, 3.05) is 6.54 Å². The van der Waals surface area contributed by atoms with Crippen LogP contribution in [0.4, 0.5) is 9.18 Å². The highest BCUT2D eigenvalue weighted by Gasteiger charge is 2.47. The van der Waals surface area contributed by atoms with E-state index < -0.39 is 29.2 Å². The first-order chi connectivity index (χ1) is 14.0. The van der Waals surface area contributed by atoms with Crippen LogP contribution >= 0.6 is 0 Å². The lowest BCUT2D eigenvalue weighted by Gasteiger charge is -2.26. The molecule has 29 heavy (non-hydrogen) atoms. The Morgan fingerprint density at radius 3 is 2.48 bits per heavy atom. The molecule has 10 heteroatoms. The molecule has 0 bridgehead atoms. The maximum atomic E-state index is 13.0. The Kier molecular flexibility index (Phi) is 4.51. The molecule has 2 heterocycles. The van der Waals surface area contributed by atoms with E-state index in [1.54, 1.807) is 30.3 Å². The molecule has 1 aromatic heterocycles. The molecule has 4 rings (SSSR count). The molecule has 3 aromatic rings. The van der Waals surface area contributed by atoms with Crippen LogP contribution < -0.4 is 16.0 Å². The van der Waals surface area contributed by atoms with E-state index >= 15 is 0 Å². The number of hydrogen-bond donors (Lipinski definition) is 3. The Morgan fingerprint density at radius 2 is 1.83 bits per heavy atom. The number of rotatable bonds is 5. The summed E-state index contributed by atoms with van der Waals surface area (Å²) in [5.74, 6) is -1.55. The van der Waals surface area contributed by atoms with Crippen LogP contribution in [0, 0.1) is 5.82 Å². The molecule has 1 atom stereocenters. The normalized spacial score (nSPS) is 18.2. The number of carbonyl (C=O) groups is 3. The molecule has 4 amide bonds. The minimum atomic E-state index is -1.43. The van der Waals surface area contributed by atoms with Crippen LogP contribution in [-0.2, 0) is 10.3 Å². The Labute approximate surface area is 163 Å². The van der Waals surface area contributed by atoms with Crippen LogP contribution in [0.25, 0.3) is 5.69 Å². The number of benzene rings is 2. The lowest BCUT2D eigenvalue weighted by Crippen LogP contribution is -2.52. The van der Waals surface area contributed by atoms with E-state index in [1.165, 1.54) is 35.3 Å². The fourth-order valence-electron chi connectivity index (χ4n) is 3.01. The number of aromatic nitrogens is 3. The molecule has 2 aromatic carbocycles. The van der Waals surface area contributed by atoms with Crippen molar-refractivity contribution in [3.05, 3.63) is 77.9 Å². The number of hydrogen-bond acceptors (Lipinski definition) is 5. The third-order valence-electron chi connectivity index (χ3n) is 4.50. The second kappa shape index (κ2) is 7.15. The molecule has 0 spiro atoms. The van der Waals surface area contributed by atoms with Crippen molar-refractivity contribution in [3.63, 3.8) is 0 Å². The lowest BCUT2D eigenvalue weighted by atomic mass is 9.90. The number of nitrogens with zero attached hydrogens (tertiary/aromatic N) is 3. The molecule has 1 aliphatic rings. The molecular weight excluding hydrogens is 379 g/mol. The van der Waals surface area contributed by atoms with Gasteiger partial charge < -0.3 is 10.6 Å². The van der Waals surface area contributed by atoms with Crippen molar-refractivity contribution >= 4 is 17.8 Å². The number of carbonyl (C=O) groups excluding carboxylic acids is 3. The van der Waals surface area contributed by atoms with Crippen molar-refractivity contribution in [2.24, 2.45) is 0 Å². The summed E-state index contributed by atoms with van der Waals surface area (Å²) < 4.78 is 13.0. The summed E-state index contributed by atoms with van der Waals surface area (Å²) in [6.45, 7) is -0.184. The van der Waals surface area contributed by atoms with Crippen LogP contribution in [0.2, 0.25) is 0 Å². The Balaban J connectivity index is 1.53. The molecule has 1 unspecified atom stereocenters. The maximum absolute atomic E-state index is 13.0. The highest BCUT2D eigenvalue weighted by Crippen LogP contribution is 2.24. The largest absolute Gasteiger partial charge is 0.347 e. The summed E-state index contributed by atoms with van der Waals surface area (Å²) in [6.07, 6.45) is 1.25. The molecule has 0 aliphatic carbocycles. The van der Waals surface area contributed by atoms with Crippen LogP contribution in [0.3, 0.4) is 0 Å². The molecule has 1 aliphatic heterocycles. The third-order valence-corrected chi connectivity index (χ3v) is 4.50. The predicted octanol–water partition coefficient (Wildman–Crippen LogP) is 0.871. The Morgan fingerprint density at radius 1 is 1.10 bits per heavy atom. The highest BCUT2D eigenvalue weighted by atomic mass is 19.1. The average Bonchev–Trinajstić information content (AvgIpc) is 3.32. The van der Waals surface area contributed by atoms with E-state index in [1.807, 2.05) is 0 Å². The zero-order valence-electron chi connectivity index (χ0n) is 14.9. The summed E-state index contributed by atoms with van der Waals surface area (Å²) in [7, 11) is 0. The monoisotopic (exact) mass is 394 g/mol. The maximum Gasteiger partial charge on any atom is 0.322 e. The van der Waals surface area contributed by atoms with E-state index in [0.29, 0.717) is 11.3 Å². The van der Waals surface area contributed by atoms with Crippen LogP contribution in [-0.4, -0.2) is 39.4 Å². The number of nitrogens with one attached hydrogen (secondary N) is 3. The Hall–Kier alpha value is -4.08. The summed E-state index contributed by atoms with van der Waals surface area (Å²) in [5.41, 5.74) is -0.421. The van der Waals surface area contributed by atoms with Crippen molar-refractivity contribution in [3.8, 4) is 5.69 Å². The van der Waals surface area contributed by atoms with E-state index in [0.717, 1.165) is 0 Å². The molecular formula is C19H15FN6O3. The fraction of sp³-hybridized carbons (Fsp3) is 0.105. The second-order valence-corrected chi connectivity index (χ2v) is 6.36. The summed E-state index contributed by atoms with van der Waals surface area (Å²) >= 11 is 0. The predicted molar refractivity (Wildman–Crippen MR) is 98.4 cm³/mol. The van der Waals surface area contributed by atoms with Crippen LogP contribution in [0.1, 0.15) is 16.1 Å². The van der Waals surface area contributed by atoms with E-state index in [-0.39, 0.29) is 12.2 Å². The number of urea groups is 1. The van der Waals surface area contributed by atoms with Gasteiger partial charge in [-0.15, -0.1) is 5.10 Å². The van der Waals surface area contributed by atoms with Gasteiger partial charge in [0.15, 0.2) is 11.2 Å². The minimum Gasteiger partial charge on any atom is -0.347 e. The average molecular weight is 394 g/mol. The minimum absolute atomic E-state index is 0.00210. The third kappa shape index (κ3) is 3.43. The quantitative estimate of drug-likeness (QED) is 0.555. The lowest BCUT2D eigenvalue weighted by molar-refractivity contribution is -0.124. The van der Waals surface area contributed by atoms with Gasteiger partial charge in [-0.1, -0.05) is 30.3 Å². The van der Waals surface area contributed by atoms with Crippen molar-refractivity contribution in [1.29, 1.82) is 0 Å². The molecule has 3 N–H and O–H groups in total. The number of halogens is 1. The number of amides is 4. The van der Waals surface area contributed by atoms with Gasteiger partial charge in [0.25, 0.3) is 11.8 Å². The smallest absolute Gasteiger partial charge is 0.322 e. The van der Waals surface area contributed by atoms with Gasteiger partial charge in [0, 0.05) is 0 Å². The van der Waals surface area contributed by atoms with Gasteiger partial charge in [0.1, 0.15) is 5.82 Å². The second-order valence-electron chi connectivity index (χ2n) is 6.36. The van der Waals surface area contributed by atoms with E-state index in [4.69, 9.17) is 0 Å². The highest BCUT2D eigenvalue weighted by molar-refractivity contribution is 6.08. The standard InChI is InChI=1S/C19H15FN6O3/c20-13-6-8-14(9-7-13)26-22-10-15(25-26)16(27)21-11-19(12-4-2-1-3-5-12)17(28)23-18(29)24-19/h1-10H,11H2,(H,21,27)(H2,23,24,28,29). The van der Waals surface area contributed by atoms with Crippen molar-refractivity contribution in [2.45, 2.75) is 5.54 Å². The van der Waals surface area contributed by atoms with E-state index in [2.05, 4.69) is 26.1 Å². The van der Waals surface area contributed by atoms with Gasteiger partial charge in [0.2, 0.25) is 0 Å². The van der Waals surface area contributed by atoms with Gasteiger partial charge in [0.05, 0.1) is 18.4 Å². The fourth-order valence-corrected chi connectivity index (χ4v) is 3.01. The first-order valence-electron chi connectivity index (χ1n) is 8.63. The number of imide groups is 1. The van der Waals surface area contributed by atoms with Gasteiger partial charge in [-0.3, -0.25) is 14.9 Å². The zero-order chi connectivity index (χ0) is 20.4. The van der Waals surface area contributed by atoms with Crippen LogP contribution in [0.15, 0.2) is 60.8 Å². The molecule has 1 fully saturated rings. The van der Waals surface area contributed by atoms with E-state index in [9.17, 15) is 18.8 Å². The van der Waals surface area contributed by atoms with Gasteiger partial charge in [-0.2, -0.15) is 9.90 Å². The van der Waals surface area contributed by atoms with Crippen molar-refractivity contribution < 1.29 is 18.8 Å². The zero-order valence-corrected chi connectivity index (χ0v) is 14.9. The van der Waals surface area contributed by atoms with Crippen molar-refractivity contribution in [1.82, 2.24) is 30.9 Å². The first-order valence-corrected chi connectivity index (χ1v) is 8.63. The summed E-state index contributed by atoms with van der Waals surface area (Å²) in [6, 6.07) is 13.4. The topological polar surface area (TPSA) is 118 Å². The summed E-state index contributed by atoms with van der Waals surface area (Å²) in [5, 5.41) is 15.5.